The second-order valence-electron chi connectivity index (χ2n) is 7.77. The van der Waals surface area contributed by atoms with Gasteiger partial charge in [0.2, 0.25) is 0 Å². The summed E-state index contributed by atoms with van der Waals surface area (Å²) >= 11 is 0. The molecule has 0 saturated carbocycles. The molecular weight excluding hydrogens is 544 g/mol. The summed E-state index contributed by atoms with van der Waals surface area (Å²) in [5.41, 5.74) is 8.99. The smallest absolute Gasteiger partial charge is 0.191 e. The Labute approximate surface area is 217 Å². The van der Waals surface area contributed by atoms with Crippen LogP contribution < -0.4 is 16.4 Å². The minimum atomic E-state index is -0.340. The molecule has 0 fully saturated rings. The molecule has 0 saturated heterocycles. The number of anilines is 1. The molecule has 0 aliphatic carbocycles. The second-order valence-corrected chi connectivity index (χ2v) is 7.77. The first-order chi connectivity index (χ1) is 16.0. The van der Waals surface area contributed by atoms with Gasteiger partial charge in [0.05, 0.1) is 11.4 Å². The summed E-state index contributed by atoms with van der Waals surface area (Å²) < 4.78 is 14.7. The number of benzene rings is 2. The van der Waals surface area contributed by atoms with Gasteiger partial charge in [-0.1, -0.05) is 37.3 Å². The number of rotatable bonds is 9. The number of aryl methyl sites for hydroxylation is 1. The number of hydrogen-bond acceptors (Lipinski definition) is 4. The summed E-state index contributed by atoms with van der Waals surface area (Å²) in [5.74, 6) is 1.000. The van der Waals surface area contributed by atoms with Crippen molar-refractivity contribution in [2.24, 2.45) is 4.99 Å². The van der Waals surface area contributed by atoms with Crippen LogP contribution in [-0.4, -0.2) is 35.4 Å². The number of halogens is 2. The highest BCUT2D eigenvalue weighted by Crippen LogP contribution is 2.21. The maximum Gasteiger partial charge on any atom is 0.191 e. The summed E-state index contributed by atoms with van der Waals surface area (Å²) in [7, 11) is 0. The number of nitrogen functional groups attached to an aromatic ring is 1. The molecule has 0 aliphatic rings. The van der Waals surface area contributed by atoms with E-state index in [1.54, 1.807) is 12.1 Å². The van der Waals surface area contributed by atoms with Gasteiger partial charge in [-0.2, -0.15) is 10.4 Å². The van der Waals surface area contributed by atoms with E-state index in [4.69, 9.17) is 10.7 Å². The average molecular weight is 575 g/mol. The molecule has 0 radical (unpaired) electrons. The maximum absolute atomic E-state index is 13.2. The number of guanidine groups is 1. The lowest BCUT2D eigenvalue weighted by atomic mass is 10.0. The van der Waals surface area contributed by atoms with E-state index in [0.717, 1.165) is 18.9 Å². The van der Waals surface area contributed by atoms with E-state index < -0.39 is 0 Å². The number of aliphatic imine (C=N–C) groups is 1. The van der Waals surface area contributed by atoms with Crippen molar-refractivity contribution in [3.8, 4) is 11.8 Å². The SMILES string of the molecule is CCNC(=NCC(C)c1ccccc1)NCCCc1nn(-c2ccc(F)cc2)c(N)c1C#N.I. The zero-order valence-electron chi connectivity index (χ0n) is 19.5. The quantitative estimate of drug-likeness (QED) is 0.152. The highest BCUT2D eigenvalue weighted by atomic mass is 127. The summed E-state index contributed by atoms with van der Waals surface area (Å²) in [5, 5.41) is 20.7. The van der Waals surface area contributed by atoms with Crippen molar-refractivity contribution < 1.29 is 4.39 Å². The van der Waals surface area contributed by atoms with Gasteiger partial charge in [0.25, 0.3) is 0 Å². The first kappa shape index (κ1) is 27.1. The van der Waals surface area contributed by atoms with E-state index in [1.807, 2.05) is 25.1 Å². The minimum absolute atomic E-state index is 0. The van der Waals surface area contributed by atoms with Crippen LogP contribution in [0.15, 0.2) is 59.6 Å². The molecule has 7 nitrogen and oxygen atoms in total. The Bertz CT molecular complexity index is 1100. The molecule has 2 aromatic carbocycles. The lowest BCUT2D eigenvalue weighted by Crippen LogP contribution is -2.38. The highest BCUT2D eigenvalue weighted by molar-refractivity contribution is 14.0. The van der Waals surface area contributed by atoms with Crippen LogP contribution >= 0.6 is 24.0 Å². The fourth-order valence-corrected chi connectivity index (χ4v) is 3.47. The Balaban J connectivity index is 0.00000408. The molecule has 3 aromatic rings. The molecular formula is C25H31FIN7. The maximum atomic E-state index is 13.2. The Hall–Kier alpha value is -3.13. The molecule has 180 valence electrons. The third kappa shape index (κ3) is 7.18. The molecule has 0 spiro atoms. The van der Waals surface area contributed by atoms with Crippen LogP contribution in [0, 0.1) is 17.1 Å². The first-order valence-electron chi connectivity index (χ1n) is 11.1. The Morgan fingerprint density at radius 2 is 1.88 bits per heavy atom. The zero-order valence-corrected chi connectivity index (χ0v) is 21.8. The topological polar surface area (TPSA) is 104 Å². The standard InChI is InChI=1S/C25H30FN7.HI/c1-3-29-25(31-17-18(2)19-8-5-4-6-9-19)30-15-7-10-23-22(16-27)24(28)33(32-23)21-13-11-20(26)12-14-21;/h4-6,8-9,11-14,18H,3,7,10,15,17,28H2,1-2H3,(H2,29,30,31);1H. The number of nitrogens with zero attached hydrogens (tertiary/aromatic N) is 4. The van der Waals surface area contributed by atoms with E-state index >= 15 is 0 Å². The Kier molecular flexibility index (Phi) is 10.8. The van der Waals surface area contributed by atoms with Crippen molar-refractivity contribution >= 4 is 35.8 Å². The van der Waals surface area contributed by atoms with E-state index in [0.29, 0.717) is 42.4 Å². The zero-order chi connectivity index (χ0) is 23.6. The molecule has 3 rings (SSSR count). The number of hydrogen-bond donors (Lipinski definition) is 3. The molecule has 0 bridgehead atoms. The highest BCUT2D eigenvalue weighted by Gasteiger charge is 2.16. The number of aromatic nitrogens is 2. The van der Waals surface area contributed by atoms with Crippen molar-refractivity contribution in [1.29, 1.82) is 5.26 Å². The second kappa shape index (κ2) is 13.5. The molecule has 34 heavy (non-hydrogen) atoms. The molecule has 0 amide bonds. The van der Waals surface area contributed by atoms with Crippen LogP contribution in [-0.2, 0) is 6.42 Å². The van der Waals surface area contributed by atoms with Crippen LogP contribution in [0.5, 0.6) is 0 Å². The number of nitrogens with two attached hydrogens (primary N) is 1. The number of nitriles is 1. The van der Waals surface area contributed by atoms with E-state index in [-0.39, 0.29) is 35.6 Å². The lowest BCUT2D eigenvalue weighted by molar-refractivity contribution is 0.627. The fourth-order valence-electron chi connectivity index (χ4n) is 3.47. The van der Waals surface area contributed by atoms with E-state index in [9.17, 15) is 9.65 Å². The van der Waals surface area contributed by atoms with E-state index in [2.05, 4.69) is 40.9 Å². The van der Waals surface area contributed by atoms with Crippen molar-refractivity contribution in [3.63, 3.8) is 0 Å². The van der Waals surface area contributed by atoms with Gasteiger partial charge in [0, 0.05) is 25.6 Å². The minimum Gasteiger partial charge on any atom is -0.382 e. The van der Waals surface area contributed by atoms with Gasteiger partial charge < -0.3 is 16.4 Å². The van der Waals surface area contributed by atoms with Crippen LogP contribution in [0.1, 0.15) is 43.0 Å². The normalized spacial score (nSPS) is 11.9. The summed E-state index contributed by atoms with van der Waals surface area (Å²) in [6, 6.07) is 18.3. The predicted octanol–water partition coefficient (Wildman–Crippen LogP) is 4.37. The summed E-state index contributed by atoms with van der Waals surface area (Å²) in [6.45, 7) is 6.30. The average Bonchev–Trinajstić information content (AvgIpc) is 3.16. The van der Waals surface area contributed by atoms with Crippen molar-refractivity contribution in [2.75, 3.05) is 25.4 Å². The molecule has 1 atom stereocenters. The molecule has 1 unspecified atom stereocenters. The van der Waals surface area contributed by atoms with Gasteiger partial charge in [0.1, 0.15) is 23.3 Å². The predicted molar refractivity (Wildman–Crippen MR) is 145 cm³/mol. The van der Waals surface area contributed by atoms with Gasteiger partial charge in [-0.15, -0.1) is 24.0 Å². The molecule has 4 N–H and O–H groups in total. The van der Waals surface area contributed by atoms with Crippen LogP contribution in [0.2, 0.25) is 0 Å². The molecule has 9 heteroatoms. The van der Waals surface area contributed by atoms with Crippen LogP contribution in [0.4, 0.5) is 10.2 Å². The fraction of sp³-hybridized carbons (Fsp3) is 0.320. The largest absolute Gasteiger partial charge is 0.382 e. The summed E-state index contributed by atoms with van der Waals surface area (Å²) in [4.78, 5) is 4.70. The van der Waals surface area contributed by atoms with Gasteiger partial charge in [-0.25, -0.2) is 9.07 Å². The van der Waals surface area contributed by atoms with Crippen molar-refractivity contribution in [3.05, 3.63) is 77.2 Å². The third-order valence-corrected chi connectivity index (χ3v) is 5.30. The third-order valence-electron chi connectivity index (χ3n) is 5.30. The molecule has 0 aliphatic heterocycles. The Morgan fingerprint density at radius 1 is 1.18 bits per heavy atom. The van der Waals surface area contributed by atoms with Gasteiger partial charge >= 0.3 is 0 Å². The van der Waals surface area contributed by atoms with Crippen LogP contribution in [0.3, 0.4) is 0 Å². The van der Waals surface area contributed by atoms with Crippen molar-refractivity contribution in [1.82, 2.24) is 20.4 Å². The van der Waals surface area contributed by atoms with E-state index in [1.165, 1.54) is 22.4 Å². The first-order valence-corrected chi connectivity index (χ1v) is 11.1. The van der Waals surface area contributed by atoms with Crippen LogP contribution in [0.25, 0.3) is 5.69 Å². The molecule has 1 heterocycles. The van der Waals surface area contributed by atoms with Crippen molar-refractivity contribution in [2.45, 2.75) is 32.6 Å². The van der Waals surface area contributed by atoms with Gasteiger partial charge in [-0.3, -0.25) is 4.99 Å². The van der Waals surface area contributed by atoms with Gasteiger partial charge in [0.15, 0.2) is 5.96 Å². The summed E-state index contributed by atoms with van der Waals surface area (Å²) in [6.07, 6.45) is 1.32. The Morgan fingerprint density at radius 3 is 2.53 bits per heavy atom. The monoisotopic (exact) mass is 575 g/mol. The lowest BCUT2D eigenvalue weighted by Gasteiger charge is -2.13. The van der Waals surface area contributed by atoms with Gasteiger partial charge in [-0.05, 0) is 49.6 Å². The molecule has 1 aromatic heterocycles. The number of nitrogens with one attached hydrogen (secondary N) is 2.